The van der Waals surface area contributed by atoms with Crippen LogP contribution >= 0.6 is 0 Å². The second kappa shape index (κ2) is 4.83. The first-order chi connectivity index (χ1) is 7.72. The van der Waals surface area contributed by atoms with Crippen LogP contribution in [0.25, 0.3) is 0 Å². The Hall–Kier alpha value is -1.09. The molecule has 0 radical (unpaired) electrons. The van der Waals surface area contributed by atoms with E-state index in [1.807, 2.05) is 13.0 Å². The standard InChI is InChI=1S/C13H18FNO/c1-9-7-10(11(14)8-13(9)16-2)12-5-3-4-6-15-12/h7-8,12,15H,3-6H2,1-2H3. The van der Waals surface area contributed by atoms with E-state index in [-0.39, 0.29) is 11.9 Å². The van der Waals surface area contributed by atoms with Crippen LogP contribution in [-0.4, -0.2) is 13.7 Å². The summed E-state index contributed by atoms with van der Waals surface area (Å²) >= 11 is 0. The number of methoxy groups -OCH3 is 1. The molecule has 0 bridgehead atoms. The number of nitrogens with one attached hydrogen (secondary N) is 1. The predicted molar refractivity (Wildman–Crippen MR) is 62.3 cm³/mol. The third-order valence-corrected chi connectivity index (χ3v) is 3.20. The topological polar surface area (TPSA) is 21.3 Å². The first kappa shape index (κ1) is 11.4. The van der Waals surface area contributed by atoms with Crippen LogP contribution in [0, 0.1) is 12.7 Å². The quantitative estimate of drug-likeness (QED) is 0.832. The molecule has 1 N–H and O–H groups in total. The van der Waals surface area contributed by atoms with Gasteiger partial charge in [0, 0.05) is 17.7 Å². The molecule has 1 unspecified atom stereocenters. The lowest BCUT2D eigenvalue weighted by Gasteiger charge is -2.24. The molecular formula is C13H18FNO. The van der Waals surface area contributed by atoms with Crippen LogP contribution in [-0.2, 0) is 0 Å². The van der Waals surface area contributed by atoms with Gasteiger partial charge in [0.1, 0.15) is 11.6 Å². The molecule has 1 aliphatic rings. The zero-order valence-electron chi connectivity index (χ0n) is 9.85. The van der Waals surface area contributed by atoms with Gasteiger partial charge in [0.2, 0.25) is 0 Å². The molecule has 16 heavy (non-hydrogen) atoms. The monoisotopic (exact) mass is 223 g/mol. The average Bonchev–Trinajstić information content (AvgIpc) is 2.32. The first-order valence-corrected chi connectivity index (χ1v) is 5.80. The zero-order chi connectivity index (χ0) is 11.5. The number of hydrogen-bond donors (Lipinski definition) is 1. The summed E-state index contributed by atoms with van der Waals surface area (Å²) in [4.78, 5) is 0. The maximum atomic E-state index is 13.9. The summed E-state index contributed by atoms with van der Waals surface area (Å²) in [6.07, 6.45) is 3.37. The largest absolute Gasteiger partial charge is 0.496 e. The van der Waals surface area contributed by atoms with E-state index >= 15 is 0 Å². The summed E-state index contributed by atoms with van der Waals surface area (Å²) in [6, 6.07) is 3.55. The Balaban J connectivity index is 2.29. The lowest BCUT2D eigenvalue weighted by Crippen LogP contribution is -2.27. The summed E-state index contributed by atoms with van der Waals surface area (Å²) in [7, 11) is 1.57. The second-order valence-corrected chi connectivity index (χ2v) is 4.35. The number of ether oxygens (including phenoxy) is 1. The fourth-order valence-corrected chi connectivity index (χ4v) is 2.29. The van der Waals surface area contributed by atoms with Gasteiger partial charge >= 0.3 is 0 Å². The van der Waals surface area contributed by atoms with Gasteiger partial charge in [-0.15, -0.1) is 0 Å². The van der Waals surface area contributed by atoms with E-state index in [1.54, 1.807) is 7.11 Å². The van der Waals surface area contributed by atoms with Crippen molar-refractivity contribution < 1.29 is 9.13 Å². The molecule has 1 aliphatic heterocycles. The predicted octanol–water partition coefficient (Wildman–Crippen LogP) is 2.96. The molecule has 2 rings (SSSR count). The molecule has 2 nitrogen and oxygen atoms in total. The highest BCUT2D eigenvalue weighted by atomic mass is 19.1. The number of aryl methyl sites for hydroxylation is 1. The Labute approximate surface area is 95.8 Å². The highest BCUT2D eigenvalue weighted by Crippen LogP contribution is 2.29. The zero-order valence-corrected chi connectivity index (χ0v) is 9.85. The number of benzene rings is 1. The first-order valence-electron chi connectivity index (χ1n) is 5.80. The highest BCUT2D eigenvalue weighted by molar-refractivity contribution is 5.38. The Morgan fingerprint density at radius 3 is 2.81 bits per heavy atom. The Bertz CT molecular complexity index is 372. The van der Waals surface area contributed by atoms with Crippen LogP contribution in [0.5, 0.6) is 5.75 Å². The van der Waals surface area contributed by atoms with Crippen molar-refractivity contribution >= 4 is 0 Å². The van der Waals surface area contributed by atoms with Gasteiger partial charge in [-0.1, -0.05) is 6.42 Å². The molecule has 1 aromatic rings. The summed E-state index contributed by atoms with van der Waals surface area (Å²) < 4.78 is 19.0. The van der Waals surface area contributed by atoms with E-state index in [9.17, 15) is 4.39 Å². The molecule has 0 amide bonds. The van der Waals surface area contributed by atoms with Gasteiger partial charge in [0.15, 0.2) is 0 Å². The maximum Gasteiger partial charge on any atom is 0.131 e. The maximum absolute atomic E-state index is 13.9. The average molecular weight is 223 g/mol. The van der Waals surface area contributed by atoms with Crippen LogP contribution < -0.4 is 10.1 Å². The van der Waals surface area contributed by atoms with Gasteiger partial charge in [0.25, 0.3) is 0 Å². The Morgan fingerprint density at radius 1 is 1.38 bits per heavy atom. The number of rotatable bonds is 2. The van der Waals surface area contributed by atoms with Crippen molar-refractivity contribution in [2.75, 3.05) is 13.7 Å². The molecular weight excluding hydrogens is 205 g/mol. The molecule has 1 aromatic carbocycles. The van der Waals surface area contributed by atoms with Gasteiger partial charge in [-0.05, 0) is 37.9 Å². The summed E-state index contributed by atoms with van der Waals surface area (Å²) in [5, 5.41) is 3.36. The van der Waals surface area contributed by atoms with Crippen LogP contribution in [0.1, 0.15) is 36.4 Å². The molecule has 0 aromatic heterocycles. The summed E-state index contributed by atoms with van der Waals surface area (Å²) in [5.74, 6) is 0.457. The SMILES string of the molecule is COc1cc(F)c(C2CCCCN2)cc1C. The molecule has 1 atom stereocenters. The molecule has 0 saturated carbocycles. The van der Waals surface area contributed by atoms with Crippen molar-refractivity contribution in [2.45, 2.75) is 32.2 Å². The van der Waals surface area contributed by atoms with Gasteiger partial charge < -0.3 is 10.1 Å². The molecule has 3 heteroatoms. The molecule has 1 saturated heterocycles. The molecule has 88 valence electrons. The van der Waals surface area contributed by atoms with E-state index in [0.29, 0.717) is 5.75 Å². The third-order valence-electron chi connectivity index (χ3n) is 3.20. The van der Waals surface area contributed by atoms with Crippen molar-refractivity contribution in [3.05, 3.63) is 29.1 Å². The van der Waals surface area contributed by atoms with Crippen LogP contribution in [0.2, 0.25) is 0 Å². The minimum atomic E-state index is -0.165. The van der Waals surface area contributed by atoms with Crippen molar-refractivity contribution in [3.63, 3.8) is 0 Å². The lowest BCUT2D eigenvalue weighted by atomic mass is 9.95. The van der Waals surface area contributed by atoms with E-state index in [1.165, 1.54) is 18.9 Å². The number of halogens is 1. The molecule has 0 aliphatic carbocycles. The van der Waals surface area contributed by atoms with E-state index in [4.69, 9.17) is 4.74 Å². The van der Waals surface area contributed by atoms with Crippen LogP contribution in [0.15, 0.2) is 12.1 Å². The minimum Gasteiger partial charge on any atom is -0.496 e. The molecule has 1 heterocycles. The molecule has 0 spiro atoms. The summed E-state index contributed by atoms with van der Waals surface area (Å²) in [6.45, 7) is 2.93. The van der Waals surface area contributed by atoms with Crippen molar-refractivity contribution in [1.82, 2.24) is 5.32 Å². The smallest absolute Gasteiger partial charge is 0.131 e. The van der Waals surface area contributed by atoms with Crippen molar-refractivity contribution in [1.29, 1.82) is 0 Å². The van der Waals surface area contributed by atoms with Crippen LogP contribution in [0.3, 0.4) is 0 Å². The highest BCUT2D eigenvalue weighted by Gasteiger charge is 2.19. The molecule has 1 fully saturated rings. The van der Waals surface area contributed by atoms with E-state index in [0.717, 1.165) is 24.1 Å². The summed E-state index contributed by atoms with van der Waals surface area (Å²) in [5.41, 5.74) is 1.77. The van der Waals surface area contributed by atoms with E-state index in [2.05, 4.69) is 5.32 Å². The Morgan fingerprint density at radius 2 is 2.19 bits per heavy atom. The van der Waals surface area contributed by atoms with Gasteiger partial charge in [-0.25, -0.2) is 4.39 Å². The fraction of sp³-hybridized carbons (Fsp3) is 0.538. The minimum absolute atomic E-state index is 0.165. The van der Waals surface area contributed by atoms with Gasteiger partial charge in [-0.3, -0.25) is 0 Å². The number of hydrogen-bond acceptors (Lipinski definition) is 2. The van der Waals surface area contributed by atoms with Crippen molar-refractivity contribution in [2.24, 2.45) is 0 Å². The van der Waals surface area contributed by atoms with Crippen molar-refractivity contribution in [3.8, 4) is 5.75 Å². The lowest BCUT2D eigenvalue weighted by molar-refractivity contribution is 0.390. The normalized spacial score (nSPS) is 20.8. The van der Waals surface area contributed by atoms with E-state index < -0.39 is 0 Å². The van der Waals surface area contributed by atoms with Gasteiger partial charge in [0.05, 0.1) is 7.11 Å². The number of piperidine rings is 1. The van der Waals surface area contributed by atoms with Gasteiger partial charge in [-0.2, -0.15) is 0 Å². The Kier molecular flexibility index (Phi) is 3.44. The fourth-order valence-electron chi connectivity index (χ4n) is 2.29. The second-order valence-electron chi connectivity index (χ2n) is 4.35. The third kappa shape index (κ3) is 2.19. The van der Waals surface area contributed by atoms with Crippen LogP contribution in [0.4, 0.5) is 4.39 Å².